The fraction of sp³-hybridized carbons (Fsp3) is 0.560. The number of carboxylic acids is 1. The second-order valence-electron chi connectivity index (χ2n) is 9.46. The summed E-state index contributed by atoms with van der Waals surface area (Å²) in [5.41, 5.74) is -0.795. The number of hydrogen-bond donors (Lipinski definition) is 2. The Morgan fingerprint density at radius 3 is 2.71 bits per heavy atom. The SMILES string of the molecule is C=CCN(C(=O)[C@@H]1N([C@@H](CO)[C@@H](C)CC)C(=O)[C@H]2[C@H](C(=O)O)[C@@H]3CC[C@]12O3)c1ccccc1Cl. The monoisotopic (exact) mass is 490 g/mol. The van der Waals surface area contributed by atoms with Gasteiger partial charge in [-0.3, -0.25) is 14.4 Å². The molecule has 2 amide bonds. The number of aliphatic hydroxyl groups excluding tert-OH is 1. The number of fused-ring (bicyclic) bond motifs is 1. The smallest absolute Gasteiger partial charge is 0.310 e. The van der Waals surface area contributed by atoms with Gasteiger partial charge >= 0.3 is 5.97 Å². The van der Waals surface area contributed by atoms with E-state index < -0.39 is 53.4 Å². The van der Waals surface area contributed by atoms with Crippen molar-refractivity contribution in [1.29, 1.82) is 0 Å². The summed E-state index contributed by atoms with van der Waals surface area (Å²) in [5, 5.41) is 20.6. The van der Waals surface area contributed by atoms with E-state index >= 15 is 0 Å². The summed E-state index contributed by atoms with van der Waals surface area (Å²) >= 11 is 6.43. The lowest BCUT2D eigenvalue weighted by molar-refractivity contribution is -0.151. The van der Waals surface area contributed by atoms with E-state index in [2.05, 4.69) is 6.58 Å². The highest BCUT2D eigenvalue weighted by atomic mass is 35.5. The van der Waals surface area contributed by atoms with Crippen molar-refractivity contribution < 1.29 is 29.3 Å². The van der Waals surface area contributed by atoms with Gasteiger partial charge in [-0.05, 0) is 30.9 Å². The van der Waals surface area contributed by atoms with Gasteiger partial charge < -0.3 is 24.7 Å². The zero-order valence-electron chi connectivity index (χ0n) is 19.4. The standard InChI is InChI=1S/C25H31ClN2O6/c1-4-12-27(16-9-7-6-8-15(16)26)23(31)21-25-11-10-18(34-25)19(24(32)33)20(25)22(30)28(21)17(13-29)14(3)5-2/h4,6-9,14,17-21,29H,1,5,10-13H2,2-3H3,(H,32,33)/t14-,17-,18-,19+,20+,21-,25+/m0/s1. The van der Waals surface area contributed by atoms with Crippen LogP contribution in [0.15, 0.2) is 36.9 Å². The molecule has 7 atom stereocenters. The molecule has 0 unspecified atom stereocenters. The Labute approximate surface area is 204 Å². The number of nitrogens with zero attached hydrogens (tertiary/aromatic N) is 2. The molecule has 3 heterocycles. The number of likely N-dealkylation sites (tertiary alicyclic amines) is 1. The zero-order valence-corrected chi connectivity index (χ0v) is 20.1. The van der Waals surface area contributed by atoms with Crippen molar-refractivity contribution in [2.24, 2.45) is 17.8 Å². The number of carboxylic acid groups (broad SMARTS) is 1. The number of amides is 2. The van der Waals surface area contributed by atoms with E-state index in [0.717, 1.165) is 0 Å². The Kier molecular flexibility index (Phi) is 6.77. The Bertz CT molecular complexity index is 1000. The minimum absolute atomic E-state index is 0.117. The number of aliphatic hydroxyl groups is 1. The largest absolute Gasteiger partial charge is 0.481 e. The lowest BCUT2D eigenvalue weighted by Gasteiger charge is -2.41. The van der Waals surface area contributed by atoms with E-state index in [0.29, 0.717) is 30.0 Å². The maximum absolute atomic E-state index is 14.3. The second-order valence-corrected chi connectivity index (χ2v) is 9.87. The summed E-state index contributed by atoms with van der Waals surface area (Å²) in [7, 11) is 0. The molecule has 3 aliphatic rings. The average molecular weight is 491 g/mol. The molecule has 3 aliphatic heterocycles. The number of benzene rings is 1. The lowest BCUT2D eigenvalue weighted by Crippen LogP contribution is -2.60. The molecule has 0 aromatic heterocycles. The predicted molar refractivity (Wildman–Crippen MR) is 126 cm³/mol. The number of aliphatic carboxylic acids is 1. The van der Waals surface area contributed by atoms with Crippen LogP contribution in [0.2, 0.25) is 5.02 Å². The van der Waals surface area contributed by atoms with E-state index in [-0.39, 0.29) is 19.1 Å². The summed E-state index contributed by atoms with van der Waals surface area (Å²) in [6, 6.07) is 5.17. The first-order valence-corrected chi connectivity index (χ1v) is 12.1. The van der Waals surface area contributed by atoms with Crippen molar-refractivity contribution in [1.82, 2.24) is 4.90 Å². The first-order chi connectivity index (χ1) is 16.2. The van der Waals surface area contributed by atoms with Crippen LogP contribution in [-0.2, 0) is 19.1 Å². The summed E-state index contributed by atoms with van der Waals surface area (Å²) in [6.07, 6.45) is 2.48. The summed E-state index contributed by atoms with van der Waals surface area (Å²) < 4.78 is 6.26. The second kappa shape index (κ2) is 9.32. The molecule has 3 fully saturated rings. The van der Waals surface area contributed by atoms with Gasteiger partial charge in [-0.2, -0.15) is 0 Å². The number of ether oxygens (including phenoxy) is 1. The Balaban J connectivity index is 1.86. The normalized spacial score (nSPS) is 31.3. The van der Waals surface area contributed by atoms with E-state index in [1.165, 1.54) is 9.80 Å². The molecular formula is C25H31ClN2O6. The summed E-state index contributed by atoms with van der Waals surface area (Å²) in [4.78, 5) is 43.2. The van der Waals surface area contributed by atoms with Crippen LogP contribution in [0.4, 0.5) is 5.69 Å². The molecule has 0 saturated carbocycles. The number of hydrogen-bond acceptors (Lipinski definition) is 5. The first-order valence-electron chi connectivity index (χ1n) is 11.7. The van der Waals surface area contributed by atoms with Crippen molar-refractivity contribution in [3.8, 4) is 0 Å². The molecule has 2 N–H and O–H groups in total. The Morgan fingerprint density at radius 2 is 2.12 bits per heavy atom. The number of anilines is 1. The predicted octanol–water partition coefficient (Wildman–Crippen LogP) is 2.73. The van der Waals surface area contributed by atoms with Gasteiger partial charge in [0.05, 0.1) is 41.3 Å². The molecule has 34 heavy (non-hydrogen) atoms. The van der Waals surface area contributed by atoms with Gasteiger partial charge in [-0.25, -0.2) is 0 Å². The van der Waals surface area contributed by atoms with Crippen molar-refractivity contribution in [2.75, 3.05) is 18.1 Å². The Morgan fingerprint density at radius 1 is 1.41 bits per heavy atom. The fourth-order valence-electron chi connectivity index (χ4n) is 6.08. The molecule has 1 spiro atoms. The fourth-order valence-corrected chi connectivity index (χ4v) is 6.32. The van der Waals surface area contributed by atoms with Crippen LogP contribution in [0.1, 0.15) is 33.1 Å². The third kappa shape index (κ3) is 3.54. The third-order valence-electron chi connectivity index (χ3n) is 7.82. The lowest BCUT2D eigenvalue weighted by atomic mass is 9.70. The van der Waals surface area contributed by atoms with Gasteiger partial charge in [0.25, 0.3) is 5.91 Å². The minimum atomic E-state index is -1.26. The summed E-state index contributed by atoms with van der Waals surface area (Å²) in [6.45, 7) is 7.42. The maximum Gasteiger partial charge on any atom is 0.310 e. The summed E-state index contributed by atoms with van der Waals surface area (Å²) in [5.74, 6) is -4.08. The minimum Gasteiger partial charge on any atom is -0.481 e. The number of para-hydroxylation sites is 1. The number of carbonyl (C=O) groups is 3. The average Bonchev–Trinajstić information content (AvgIpc) is 3.46. The highest BCUT2D eigenvalue weighted by molar-refractivity contribution is 6.34. The highest BCUT2D eigenvalue weighted by Gasteiger charge is 2.75. The number of carbonyl (C=O) groups excluding carboxylic acids is 2. The van der Waals surface area contributed by atoms with Gasteiger partial charge in [0.15, 0.2) is 0 Å². The van der Waals surface area contributed by atoms with E-state index in [4.69, 9.17) is 16.3 Å². The van der Waals surface area contributed by atoms with Gasteiger partial charge in [0.1, 0.15) is 11.6 Å². The number of rotatable bonds is 9. The van der Waals surface area contributed by atoms with Gasteiger partial charge in [0, 0.05) is 6.54 Å². The number of halogens is 1. The van der Waals surface area contributed by atoms with Gasteiger partial charge in [-0.15, -0.1) is 6.58 Å². The highest BCUT2D eigenvalue weighted by Crippen LogP contribution is 2.59. The van der Waals surface area contributed by atoms with Crippen LogP contribution in [0.5, 0.6) is 0 Å². The van der Waals surface area contributed by atoms with Crippen LogP contribution in [0.25, 0.3) is 0 Å². The van der Waals surface area contributed by atoms with E-state index in [1.807, 2.05) is 13.8 Å². The van der Waals surface area contributed by atoms with Gasteiger partial charge in [-0.1, -0.05) is 50.1 Å². The van der Waals surface area contributed by atoms with Crippen molar-refractivity contribution in [2.45, 2.75) is 56.9 Å². The Hall–Kier alpha value is -2.42. The maximum atomic E-state index is 14.3. The quantitative estimate of drug-likeness (QED) is 0.515. The van der Waals surface area contributed by atoms with Crippen LogP contribution in [-0.4, -0.2) is 69.8 Å². The van der Waals surface area contributed by atoms with Crippen LogP contribution in [0.3, 0.4) is 0 Å². The molecule has 4 rings (SSSR count). The van der Waals surface area contributed by atoms with Crippen LogP contribution in [0, 0.1) is 17.8 Å². The molecule has 0 aliphatic carbocycles. The first kappa shape index (κ1) is 24.7. The third-order valence-corrected chi connectivity index (χ3v) is 8.14. The van der Waals surface area contributed by atoms with Crippen molar-refractivity contribution in [3.63, 3.8) is 0 Å². The molecule has 3 saturated heterocycles. The van der Waals surface area contributed by atoms with Crippen LogP contribution < -0.4 is 4.90 Å². The molecule has 0 radical (unpaired) electrons. The molecule has 1 aromatic carbocycles. The molecule has 9 heteroatoms. The van der Waals surface area contributed by atoms with E-state index in [1.54, 1.807) is 30.3 Å². The molecule has 8 nitrogen and oxygen atoms in total. The molecular weight excluding hydrogens is 460 g/mol. The topological polar surface area (TPSA) is 107 Å². The molecule has 1 aromatic rings. The van der Waals surface area contributed by atoms with Gasteiger partial charge in [0.2, 0.25) is 5.91 Å². The molecule has 2 bridgehead atoms. The zero-order chi connectivity index (χ0) is 24.8. The molecule has 184 valence electrons. The van der Waals surface area contributed by atoms with E-state index in [9.17, 15) is 24.6 Å². The van der Waals surface area contributed by atoms with Crippen molar-refractivity contribution in [3.05, 3.63) is 41.9 Å². The van der Waals surface area contributed by atoms with Crippen molar-refractivity contribution >= 4 is 35.1 Å². The van der Waals surface area contributed by atoms with Crippen LogP contribution >= 0.6 is 11.6 Å².